The zero-order valence-corrected chi connectivity index (χ0v) is 16.7. The van der Waals surface area contributed by atoms with E-state index in [2.05, 4.69) is 5.32 Å². The molecular weight excluding hydrogens is 404 g/mol. The molecule has 1 aliphatic rings. The predicted octanol–water partition coefficient (Wildman–Crippen LogP) is 3.56. The lowest BCUT2D eigenvalue weighted by Crippen LogP contribution is -2.48. The van der Waals surface area contributed by atoms with Gasteiger partial charge in [0.25, 0.3) is 5.91 Å². The SMILES string of the molecule is Cc1cc2cc(NC(=O)C3CN(S(C)(=O)=O)c4ccccc4O3)cc(Cl)c2o1. The molecule has 1 aliphatic heterocycles. The van der Waals surface area contributed by atoms with Crippen molar-refractivity contribution in [2.45, 2.75) is 13.0 Å². The number of ether oxygens (including phenoxy) is 1. The van der Waals surface area contributed by atoms with E-state index in [-0.39, 0.29) is 6.54 Å². The van der Waals surface area contributed by atoms with Gasteiger partial charge >= 0.3 is 0 Å². The summed E-state index contributed by atoms with van der Waals surface area (Å²) in [5.74, 6) is 0.563. The van der Waals surface area contributed by atoms with E-state index in [4.69, 9.17) is 20.8 Å². The Kier molecular flexibility index (Phi) is 4.47. The number of hydrogen-bond donors (Lipinski definition) is 1. The van der Waals surface area contributed by atoms with Crippen LogP contribution in [0.25, 0.3) is 11.0 Å². The fourth-order valence-electron chi connectivity index (χ4n) is 3.19. The molecule has 7 nitrogen and oxygen atoms in total. The van der Waals surface area contributed by atoms with Crippen LogP contribution in [0.3, 0.4) is 0 Å². The van der Waals surface area contributed by atoms with E-state index in [1.807, 2.05) is 13.0 Å². The van der Waals surface area contributed by atoms with E-state index < -0.39 is 22.0 Å². The molecule has 2 heterocycles. The monoisotopic (exact) mass is 420 g/mol. The Morgan fingerprint density at radius 2 is 2.00 bits per heavy atom. The summed E-state index contributed by atoms with van der Waals surface area (Å²) in [5, 5.41) is 3.87. The number of hydrogen-bond acceptors (Lipinski definition) is 5. The summed E-state index contributed by atoms with van der Waals surface area (Å²) >= 11 is 6.23. The number of aryl methyl sites for hydroxylation is 1. The standard InChI is InChI=1S/C19H17ClN2O5S/c1-11-7-12-8-13(9-14(20)18(12)26-11)21-19(23)17-10-22(28(2,24)25)15-5-3-4-6-16(15)27-17/h3-9,17H,10H2,1-2H3,(H,21,23). The van der Waals surface area contributed by atoms with Crippen LogP contribution in [0.2, 0.25) is 5.02 Å². The molecule has 0 saturated heterocycles. The summed E-state index contributed by atoms with van der Waals surface area (Å²) in [6.45, 7) is 1.68. The van der Waals surface area contributed by atoms with Crippen LogP contribution in [0.15, 0.2) is 46.9 Å². The number of anilines is 2. The average Bonchev–Trinajstić information content (AvgIpc) is 3.00. The third kappa shape index (κ3) is 3.41. The summed E-state index contributed by atoms with van der Waals surface area (Å²) < 4.78 is 36.8. The first-order valence-electron chi connectivity index (χ1n) is 8.46. The molecule has 4 rings (SSSR count). The first-order chi connectivity index (χ1) is 13.2. The minimum atomic E-state index is -3.57. The van der Waals surface area contributed by atoms with Gasteiger partial charge in [0, 0.05) is 11.1 Å². The number of para-hydroxylation sites is 2. The van der Waals surface area contributed by atoms with E-state index in [0.717, 1.165) is 11.6 Å². The molecule has 9 heteroatoms. The van der Waals surface area contributed by atoms with Crippen molar-refractivity contribution in [3.63, 3.8) is 0 Å². The quantitative estimate of drug-likeness (QED) is 0.699. The van der Waals surface area contributed by atoms with E-state index in [1.165, 1.54) is 4.31 Å². The van der Waals surface area contributed by atoms with Gasteiger partial charge in [0.2, 0.25) is 10.0 Å². The van der Waals surface area contributed by atoms with Crippen molar-refractivity contribution >= 4 is 49.9 Å². The number of rotatable bonds is 3. The van der Waals surface area contributed by atoms with Crippen LogP contribution < -0.4 is 14.4 Å². The van der Waals surface area contributed by atoms with E-state index in [9.17, 15) is 13.2 Å². The number of carbonyl (C=O) groups excluding carboxylic acids is 1. The maximum Gasteiger partial charge on any atom is 0.267 e. The number of sulfonamides is 1. The number of benzene rings is 2. The number of amides is 1. The number of nitrogens with zero attached hydrogens (tertiary/aromatic N) is 1. The van der Waals surface area contributed by atoms with Gasteiger partial charge in [-0.25, -0.2) is 8.42 Å². The second kappa shape index (κ2) is 6.72. The second-order valence-electron chi connectivity index (χ2n) is 6.59. The fourth-order valence-corrected chi connectivity index (χ4v) is 4.37. The molecule has 0 aliphatic carbocycles. The molecule has 1 atom stereocenters. The van der Waals surface area contributed by atoms with Crippen LogP contribution in [0.5, 0.6) is 5.75 Å². The van der Waals surface area contributed by atoms with Crippen molar-refractivity contribution in [3.8, 4) is 5.75 Å². The number of furan rings is 1. The van der Waals surface area contributed by atoms with Crippen LogP contribution in [0.1, 0.15) is 5.76 Å². The summed E-state index contributed by atoms with van der Waals surface area (Å²) in [6, 6.07) is 11.8. The molecule has 3 aromatic rings. The minimum absolute atomic E-state index is 0.123. The highest BCUT2D eigenvalue weighted by Gasteiger charge is 2.35. The van der Waals surface area contributed by atoms with Crippen LogP contribution >= 0.6 is 11.6 Å². The number of fused-ring (bicyclic) bond motifs is 2. The third-order valence-corrected chi connectivity index (χ3v) is 5.82. The van der Waals surface area contributed by atoms with Crippen LogP contribution in [0, 0.1) is 6.92 Å². The minimum Gasteiger partial charge on any atom is -0.476 e. The first kappa shape index (κ1) is 18.6. The molecule has 1 unspecified atom stereocenters. The highest BCUT2D eigenvalue weighted by molar-refractivity contribution is 7.92. The predicted molar refractivity (Wildman–Crippen MR) is 108 cm³/mol. The molecule has 28 heavy (non-hydrogen) atoms. The first-order valence-corrected chi connectivity index (χ1v) is 10.7. The zero-order valence-electron chi connectivity index (χ0n) is 15.1. The Hall–Kier alpha value is -2.71. The van der Waals surface area contributed by atoms with Crippen molar-refractivity contribution < 1.29 is 22.4 Å². The van der Waals surface area contributed by atoms with Crippen LogP contribution in [-0.4, -0.2) is 33.2 Å². The van der Waals surface area contributed by atoms with E-state index in [1.54, 1.807) is 36.4 Å². The number of nitrogens with one attached hydrogen (secondary N) is 1. The van der Waals surface area contributed by atoms with Crippen molar-refractivity contribution in [1.29, 1.82) is 0 Å². The Bertz CT molecular complexity index is 1190. The topological polar surface area (TPSA) is 88.9 Å². The van der Waals surface area contributed by atoms with Crippen molar-refractivity contribution in [2.24, 2.45) is 0 Å². The molecular formula is C19H17ClN2O5S. The molecule has 1 N–H and O–H groups in total. The van der Waals surface area contributed by atoms with Crippen LogP contribution in [-0.2, 0) is 14.8 Å². The largest absolute Gasteiger partial charge is 0.476 e. The Morgan fingerprint density at radius 3 is 2.75 bits per heavy atom. The molecule has 0 bridgehead atoms. The van der Waals surface area contributed by atoms with Gasteiger partial charge in [-0.05, 0) is 37.3 Å². The average molecular weight is 421 g/mol. The Labute approximate surface area is 166 Å². The summed E-state index contributed by atoms with van der Waals surface area (Å²) in [7, 11) is -3.57. The highest BCUT2D eigenvalue weighted by atomic mass is 35.5. The third-order valence-electron chi connectivity index (χ3n) is 4.39. The summed E-state index contributed by atoms with van der Waals surface area (Å²) in [5.41, 5.74) is 1.42. The molecule has 1 amide bonds. The van der Waals surface area contributed by atoms with Crippen molar-refractivity contribution in [1.82, 2.24) is 0 Å². The van der Waals surface area contributed by atoms with Crippen molar-refractivity contribution in [3.05, 3.63) is 53.2 Å². The lowest BCUT2D eigenvalue weighted by molar-refractivity contribution is -0.122. The van der Waals surface area contributed by atoms with Gasteiger partial charge < -0.3 is 14.5 Å². The lowest BCUT2D eigenvalue weighted by atomic mass is 10.2. The Morgan fingerprint density at radius 1 is 1.25 bits per heavy atom. The van der Waals surface area contributed by atoms with Gasteiger partial charge in [0.1, 0.15) is 11.5 Å². The maximum absolute atomic E-state index is 12.8. The Balaban J connectivity index is 1.62. The van der Waals surface area contributed by atoms with Crippen LogP contribution in [0.4, 0.5) is 11.4 Å². The molecule has 0 spiro atoms. The van der Waals surface area contributed by atoms with Gasteiger partial charge in [-0.15, -0.1) is 0 Å². The normalized spacial score (nSPS) is 16.5. The molecule has 0 saturated carbocycles. The maximum atomic E-state index is 12.8. The van der Waals surface area contributed by atoms with Gasteiger partial charge in [0.05, 0.1) is 23.5 Å². The van der Waals surface area contributed by atoms with Gasteiger partial charge in [-0.3, -0.25) is 9.10 Å². The molecule has 1 aromatic heterocycles. The van der Waals surface area contributed by atoms with Crippen molar-refractivity contribution in [2.75, 3.05) is 22.4 Å². The molecule has 146 valence electrons. The highest BCUT2D eigenvalue weighted by Crippen LogP contribution is 2.35. The van der Waals surface area contributed by atoms with Gasteiger partial charge in [0.15, 0.2) is 11.7 Å². The van der Waals surface area contributed by atoms with E-state index >= 15 is 0 Å². The molecule has 2 aromatic carbocycles. The van der Waals surface area contributed by atoms with E-state index in [0.29, 0.717) is 33.5 Å². The zero-order chi connectivity index (χ0) is 20.1. The number of carbonyl (C=O) groups is 1. The van der Waals surface area contributed by atoms with Gasteiger partial charge in [-0.2, -0.15) is 0 Å². The lowest BCUT2D eigenvalue weighted by Gasteiger charge is -2.33. The molecule has 0 radical (unpaired) electrons. The van der Waals surface area contributed by atoms with Gasteiger partial charge in [-0.1, -0.05) is 23.7 Å². The number of halogens is 1. The fraction of sp³-hybridized carbons (Fsp3) is 0.211. The second-order valence-corrected chi connectivity index (χ2v) is 8.91. The summed E-state index contributed by atoms with van der Waals surface area (Å²) in [4.78, 5) is 12.8. The summed E-state index contributed by atoms with van der Waals surface area (Å²) in [6.07, 6.45) is 0.0871. The smallest absolute Gasteiger partial charge is 0.267 e. The molecule has 0 fully saturated rings.